The Morgan fingerprint density at radius 3 is 2.76 bits per heavy atom. The van der Waals surface area contributed by atoms with Gasteiger partial charge in [-0.1, -0.05) is 0 Å². The number of benzene rings is 1. The minimum Gasteiger partial charge on any atom is -0.508 e. The predicted molar refractivity (Wildman–Crippen MR) is 109 cm³/mol. The zero-order valence-corrected chi connectivity index (χ0v) is 16.2. The van der Waals surface area contributed by atoms with Gasteiger partial charge < -0.3 is 9.84 Å². The molecule has 8 heteroatoms. The van der Waals surface area contributed by atoms with Crippen LogP contribution >= 0.6 is 0 Å². The average Bonchev–Trinajstić information content (AvgIpc) is 3.31. The highest BCUT2D eigenvalue weighted by Gasteiger charge is 2.17. The van der Waals surface area contributed by atoms with E-state index in [1.165, 1.54) is 0 Å². The molecule has 1 N–H and O–H groups in total. The number of aromatic hydroxyl groups is 1. The number of rotatable bonds is 3. The smallest absolute Gasteiger partial charge is 0.164 e. The molecule has 5 aromatic rings. The maximum absolute atomic E-state index is 10.1. The lowest BCUT2D eigenvalue weighted by Crippen LogP contribution is -2.01. The molecule has 0 saturated heterocycles. The second kappa shape index (κ2) is 6.30. The van der Waals surface area contributed by atoms with Gasteiger partial charge in [0.1, 0.15) is 17.2 Å². The molecular weight excluding hydrogens is 368 g/mol. The first kappa shape index (κ1) is 17.2. The highest BCUT2D eigenvalue weighted by atomic mass is 16.5. The van der Waals surface area contributed by atoms with Crippen LogP contribution in [0.25, 0.3) is 33.5 Å². The van der Waals surface area contributed by atoms with Gasteiger partial charge in [-0.3, -0.25) is 4.98 Å². The maximum Gasteiger partial charge on any atom is 0.164 e. The molecule has 0 bridgehead atoms. The van der Waals surface area contributed by atoms with Crippen LogP contribution in [0.5, 0.6) is 11.5 Å². The molecule has 4 heterocycles. The Morgan fingerprint density at radius 2 is 1.93 bits per heavy atom. The number of nitrogens with zero attached hydrogens (tertiary/aromatic N) is 6. The third kappa shape index (κ3) is 2.60. The summed E-state index contributed by atoms with van der Waals surface area (Å²) in [6.45, 7) is 3.78. The van der Waals surface area contributed by atoms with Crippen LogP contribution < -0.4 is 4.74 Å². The van der Waals surface area contributed by atoms with Crippen molar-refractivity contribution in [1.82, 2.24) is 29.4 Å². The van der Waals surface area contributed by atoms with Crippen LogP contribution in [-0.2, 0) is 0 Å². The normalized spacial score (nSPS) is 11.4. The lowest BCUT2D eigenvalue weighted by atomic mass is 10.1. The molecule has 8 nitrogen and oxygen atoms in total. The van der Waals surface area contributed by atoms with Crippen LogP contribution in [0.15, 0.2) is 49.1 Å². The van der Waals surface area contributed by atoms with Crippen molar-refractivity contribution in [2.24, 2.45) is 0 Å². The van der Waals surface area contributed by atoms with Crippen molar-refractivity contribution in [3.05, 3.63) is 60.3 Å². The molecule has 1 aromatic carbocycles. The van der Waals surface area contributed by atoms with E-state index in [-0.39, 0.29) is 5.75 Å². The Kier molecular flexibility index (Phi) is 3.73. The van der Waals surface area contributed by atoms with Gasteiger partial charge in [-0.15, -0.1) is 0 Å². The van der Waals surface area contributed by atoms with Crippen LogP contribution in [0.4, 0.5) is 0 Å². The summed E-state index contributed by atoms with van der Waals surface area (Å²) in [6, 6.07) is 7.27. The van der Waals surface area contributed by atoms with Gasteiger partial charge in [0, 0.05) is 30.0 Å². The first-order chi connectivity index (χ1) is 14.1. The Labute approximate surface area is 166 Å². The SMILES string of the molecule is COc1cc(O)c(C)cc1-n1nc(C)c2cnc(-c3cnn4cccnc34)cc21. The van der Waals surface area contributed by atoms with E-state index < -0.39 is 0 Å². The summed E-state index contributed by atoms with van der Waals surface area (Å²) >= 11 is 0. The molecule has 0 amide bonds. The summed E-state index contributed by atoms with van der Waals surface area (Å²) in [5.74, 6) is 0.715. The summed E-state index contributed by atoms with van der Waals surface area (Å²) in [7, 11) is 1.57. The Balaban J connectivity index is 1.77. The lowest BCUT2D eigenvalue weighted by molar-refractivity contribution is 0.404. The van der Waals surface area contributed by atoms with Crippen LogP contribution in [0.2, 0.25) is 0 Å². The minimum atomic E-state index is 0.179. The summed E-state index contributed by atoms with van der Waals surface area (Å²) in [6.07, 6.45) is 7.16. The minimum absolute atomic E-state index is 0.179. The molecule has 0 aliphatic heterocycles. The van der Waals surface area contributed by atoms with E-state index in [1.54, 1.807) is 30.1 Å². The van der Waals surface area contributed by atoms with E-state index in [1.807, 2.05) is 49.1 Å². The number of hydrogen-bond acceptors (Lipinski definition) is 6. The third-order valence-electron chi connectivity index (χ3n) is 5.03. The first-order valence-corrected chi connectivity index (χ1v) is 9.09. The fourth-order valence-electron chi connectivity index (χ4n) is 3.49. The van der Waals surface area contributed by atoms with Gasteiger partial charge in [-0.25, -0.2) is 14.2 Å². The average molecular weight is 386 g/mol. The van der Waals surface area contributed by atoms with Crippen LogP contribution in [0.1, 0.15) is 11.3 Å². The number of ether oxygens (including phenoxy) is 1. The van der Waals surface area contributed by atoms with Crippen molar-refractivity contribution in [2.75, 3.05) is 7.11 Å². The van der Waals surface area contributed by atoms with Gasteiger partial charge in [0.25, 0.3) is 0 Å². The van der Waals surface area contributed by atoms with Gasteiger partial charge >= 0.3 is 0 Å². The number of methoxy groups -OCH3 is 1. The number of pyridine rings is 1. The Hall–Kier alpha value is -3.94. The van der Waals surface area contributed by atoms with Crippen molar-refractivity contribution < 1.29 is 9.84 Å². The number of hydrogen-bond donors (Lipinski definition) is 1. The van der Waals surface area contributed by atoms with Crippen molar-refractivity contribution in [1.29, 1.82) is 0 Å². The molecule has 0 radical (unpaired) electrons. The summed E-state index contributed by atoms with van der Waals surface area (Å²) in [5.41, 5.74) is 5.55. The molecule has 29 heavy (non-hydrogen) atoms. The molecule has 0 fully saturated rings. The lowest BCUT2D eigenvalue weighted by Gasteiger charge is -2.12. The van der Waals surface area contributed by atoms with Gasteiger partial charge in [0.2, 0.25) is 0 Å². The second-order valence-corrected chi connectivity index (χ2v) is 6.84. The van der Waals surface area contributed by atoms with Crippen LogP contribution in [0, 0.1) is 13.8 Å². The number of phenolic OH excluding ortho intramolecular Hbond substituents is 1. The van der Waals surface area contributed by atoms with Crippen LogP contribution in [-0.4, -0.2) is 41.6 Å². The van der Waals surface area contributed by atoms with E-state index in [0.717, 1.165) is 44.8 Å². The van der Waals surface area contributed by atoms with Gasteiger partial charge in [0.15, 0.2) is 5.65 Å². The third-order valence-corrected chi connectivity index (χ3v) is 5.03. The van der Waals surface area contributed by atoms with Crippen molar-refractivity contribution in [2.45, 2.75) is 13.8 Å². The monoisotopic (exact) mass is 386 g/mol. The fourth-order valence-corrected chi connectivity index (χ4v) is 3.49. The standard InChI is InChI=1S/C21H18N6O2/c1-12-7-18(20(29-3)9-19(12)28)27-17-8-16(23-10-14(17)13(2)25-27)15-11-24-26-6-4-5-22-21(15)26/h4-11,28H,1-3H3. The van der Waals surface area contributed by atoms with Crippen molar-refractivity contribution in [3.8, 4) is 28.4 Å². The molecule has 4 aromatic heterocycles. The Morgan fingerprint density at radius 1 is 1.07 bits per heavy atom. The number of phenols is 1. The van der Waals surface area contributed by atoms with Gasteiger partial charge in [-0.05, 0) is 37.6 Å². The molecule has 5 rings (SSSR count). The molecule has 0 saturated carbocycles. The van der Waals surface area contributed by atoms with Crippen molar-refractivity contribution in [3.63, 3.8) is 0 Å². The molecule has 0 unspecified atom stereocenters. The van der Waals surface area contributed by atoms with E-state index >= 15 is 0 Å². The quantitative estimate of drug-likeness (QED) is 0.511. The highest BCUT2D eigenvalue weighted by Crippen LogP contribution is 2.34. The highest BCUT2D eigenvalue weighted by molar-refractivity contribution is 5.88. The zero-order chi connectivity index (χ0) is 20.1. The summed E-state index contributed by atoms with van der Waals surface area (Å²) < 4.78 is 9.03. The molecule has 0 spiro atoms. The molecule has 144 valence electrons. The molecule has 0 aliphatic carbocycles. The van der Waals surface area contributed by atoms with E-state index in [2.05, 4.69) is 15.1 Å². The van der Waals surface area contributed by atoms with Gasteiger partial charge in [0.05, 0.1) is 35.8 Å². The first-order valence-electron chi connectivity index (χ1n) is 9.09. The topological polar surface area (TPSA) is 90.4 Å². The molecular formula is C21H18N6O2. The molecule has 0 atom stereocenters. The van der Waals surface area contributed by atoms with E-state index in [4.69, 9.17) is 9.84 Å². The largest absolute Gasteiger partial charge is 0.508 e. The zero-order valence-electron chi connectivity index (χ0n) is 16.2. The number of aromatic nitrogens is 6. The van der Waals surface area contributed by atoms with E-state index in [9.17, 15) is 5.11 Å². The fraction of sp³-hybridized carbons (Fsp3) is 0.143. The number of fused-ring (bicyclic) bond motifs is 2. The van der Waals surface area contributed by atoms with Crippen molar-refractivity contribution >= 4 is 16.6 Å². The number of aryl methyl sites for hydroxylation is 2. The van der Waals surface area contributed by atoms with E-state index in [0.29, 0.717) is 5.75 Å². The maximum atomic E-state index is 10.1. The second-order valence-electron chi connectivity index (χ2n) is 6.84. The summed E-state index contributed by atoms with van der Waals surface area (Å²) in [5, 5.41) is 20.0. The Bertz CT molecular complexity index is 1390. The molecule has 0 aliphatic rings. The summed E-state index contributed by atoms with van der Waals surface area (Å²) in [4.78, 5) is 9.05. The van der Waals surface area contributed by atoms with Crippen LogP contribution in [0.3, 0.4) is 0 Å². The predicted octanol–water partition coefficient (Wildman–Crippen LogP) is 3.46. The van der Waals surface area contributed by atoms with Gasteiger partial charge in [-0.2, -0.15) is 10.2 Å².